The second kappa shape index (κ2) is 9.63. The molecule has 1 saturated heterocycles. The fraction of sp³-hybridized carbons (Fsp3) is 0.417. The summed E-state index contributed by atoms with van der Waals surface area (Å²) in [6.07, 6.45) is 4.47. The molecule has 1 saturated carbocycles. The number of amides is 2. The summed E-state index contributed by atoms with van der Waals surface area (Å²) < 4.78 is 0. The molecule has 0 unspecified atom stereocenters. The van der Waals surface area contributed by atoms with E-state index in [9.17, 15) is 9.59 Å². The van der Waals surface area contributed by atoms with Crippen LogP contribution >= 0.6 is 12.4 Å². The molecule has 0 radical (unpaired) electrons. The smallest absolute Gasteiger partial charge is 0.255 e. The van der Waals surface area contributed by atoms with Crippen LogP contribution < -0.4 is 16.0 Å². The van der Waals surface area contributed by atoms with Gasteiger partial charge >= 0.3 is 0 Å². The summed E-state index contributed by atoms with van der Waals surface area (Å²) in [4.78, 5) is 25.5. The van der Waals surface area contributed by atoms with Gasteiger partial charge in [-0.2, -0.15) is 0 Å². The fourth-order valence-electron chi connectivity index (χ4n) is 4.72. The summed E-state index contributed by atoms with van der Waals surface area (Å²) in [5.74, 6) is 0.491. The van der Waals surface area contributed by atoms with Crippen LogP contribution in [0, 0.1) is 18.3 Å². The van der Waals surface area contributed by atoms with Gasteiger partial charge in [0.2, 0.25) is 5.91 Å². The number of rotatable bonds is 5. The summed E-state index contributed by atoms with van der Waals surface area (Å²) >= 11 is 0. The van der Waals surface area contributed by atoms with Crippen LogP contribution in [-0.2, 0) is 11.3 Å². The number of carbonyl (C=O) groups excluding carboxylic acids is 2. The van der Waals surface area contributed by atoms with Gasteiger partial charge in [-0.05, 0) is 62.1 Å². The number of anilines is 1. The quantitative estimate of drug-likeness (QED) is 0.673. The van der Waals surface area contributed by atoms with Gasteiger partial charge in [0.1, 0.15) is 0 Å². The Kier molecular flexibility index (Phi) is 7.16. The first-order valence-corrected chi connectivity index (χ1v) is 10.5. The van der Waals surface area contributed by atoms with Gasteiger partial charge in [0.15, 0.2) is 0 Å². The minimum atomic E-state index is -0.241. The van der Waals surface area contributed by atoms with Gasteiger partial charge in [-0.3, -0.25) is 9.59 Å². The first-order valence-electron chi connectivity index (χ1n) is 10.5. The van der Waals surface area contributed by atoms with Gasteiger partial charge in [-0.15, -0.1) is 12.4 Å². The van der Waals surface area contributed by atoms with Crippen molar-refractivity contribution in [2.75, 3.05) is 18.4 Å². The number of carbonyl (C=O) groups is 2. The average Bonchev–Trinajstić information content (AvgIpc) is 3.18. The standard InChI is InChI=1S/C24H29N3O2.ClH/c1-17-8-10-19(11-9-17)22(28)27-21-7-4-5-18(13-21)14-26-23(29)24-12-3-2-6-20(24)15-25-16-24;/h4-5,7-11,13,20,25H,2-3,6,12,14-16H2,1H3,(H,26,29)(H,27,28);1H/t20-,24+;/m0./s1. The van der Waals surface area contributed by atoms with Crippen molar-refractivity contribution in [2.24, 2.45) is 11.3 Å². The molecule has 160 valence electrons. The van der Waals surface area contributed by atoms with E-state index in [0.29, 0.717) is 18.0 Å². The third-order valence-corrected chi connectivity index (χ3v) is 6.44. The minimum absolute atomic E-state index is 0. The molecular weight excluding hydrogens is 398 g/mol. The third-order valence-electron chi connectivity index (χ3n) is 6.44. The zero-order chi connectivity index (χ0) is 20.3. The second-order valence-corrected chi connectivity index (χ2v) is 8.43. The Balaban J connectivity index is 0.00000256. The average molecular weight is 428 g/mol. The fourth-order valence-corrected chi connectivity index (χ4v) is 4.72. The predicted molar refractivity (Wildman–Crippen MR) is 122 cm³/mol. The van der Waals surface area contributed by atoms with Crippen LogP contribution in [0.5, 0.6) is 0 Å². The number of hydrogen-bond acceptors (Lipinski definition) is 3. The molecule has 2 aromatic rings. The van der Waals surface area contributed by atoms with Gasteiger partial charge < -0.3 is 16.0 Å². The summed E-state index contributed by atoms with van der Waals surface area (Å²) in [5, 5.41) is 9.53. The number of fused-ring (bicyclic) bond motifs is 1. The van der Waals surface area contributed by atoms with Crippen molar-refractivity contribution in [2.45, 2.75) is 39.2 Å². The van der Waals surface area contributed by atoms with E-state index < -0.39 is 0 Å². The molecule has 0 spiro atoms. The molecule has 2 atom stereocenters. The maximum Gasteiger partial charge on any atom is 0.255 e. The van der Waals surface area contributed by atoms with Gasteiger partial charge in [0, 0.05) is 24.3 Å². The zero-order valence-electron chi connectivity index (χ0n) is 17.4. The Morgan fingerprint density at radius 3 is 2.73 bits per heavy atom. The molecule has 2 aromatic carbocycles. The van der Waals surface area contributed by atoms with Crippen molar-refractivity contribution >= 4 is 29.9 Å². The van der Waals surface area contributed by atoms with E-state index in [4.69, 9.17) is 0 Å². The zero-order valence-corrected chi connectivity index (χ0v) is 18.2. The number of hydrogen-bond donors (Lipinski definition) is 3. The molecule has 30 heavy (non-hydrogen) atoms. The number of benzene rings is 2. The predicted octanol–water partition coefficient (Wildman–Crippen LogP) is 4.07. The maximum absolute atomic E-state index is 13.0. The SMILES string of the molecule is Cc1ccc(C(=O)Nc2cccc(CNC(=O)[C@@]34CCCC[C@H]3CNC4)c2)cc1.Cl. The van der Waals surface area contributed by atoms with E-state index in [1.165, 1.54) is 6.42 Å². The van der Waals surface area contributed by atoms with E-state index in [-0.39, 0.29) is 29.6 Å². The van der Waals surface area contributed by atoms with Crippen molar-refractivity contribution in [1.82, 2.24) is 10.6 Å². The Labute approximate surface area is 184 Å². The van der Waals surface area contributed by atoms with Crippen LogP contribution in [-0.4, -0.2) is 24.9 Å². The van der Waals surface area contributed by atoms with Crippen LogP contribution in [0.3, 0.4) is 0 Å². The van der Waals surface area contributed by atoms with E-state index in [2.05, 4.69) is 16.0 Å². The van der Waals surface area contributed by atoms with Crippen molar-refractivity contribution < 1.29 is 9.59 Å². The van der Waals surface area contributed by atoms with Crippen LogP contribution in [0.4, 0.5) is 5.69 Å². The van der Waals surface area contributed by atoms with Crippen LogP contribution in [0.1, 0.15) is 47.2 Å². The summed E-state index contributed by atoms with van der Waals surface area (Å²) in [7, 11) is 0. The van der Waals surface area contributed by atoms with Crippen molar-refractivity contribution in [3.05, 3.63) is 65.2 Å². The van der Waals surface area contributed by atoms with Gasteiger partial charge in [0.25, 0.3) is 5.91 Å². The number of nitrogens with one attached hydrogen (secondary N) is 3. The van der Waals surface area contributed by atoms with Crippen molar-refractivity contribution in [1.29, 1.82) is 0 Å². The van der Waals surface area contributed by atoms with E-state index >= 15 is 0 Å². The highest BCUT2D eigenvalue weighted by molar-refractivity contribution is 6.04. The molecular formula is C24H30ClN3O2. The molecule has 2 fully saturated rings. The van der Waals surface area contributed by atoms with Crippen molar-refractivity contribution in [3.8, 4) is 0 Å². The van der Waals surface area contributed by atoms with Gasteiger partial charge in [-0.25, -0.2) is 0 Å². The Bertz CT molecular complexity index is 900. The monoisotopic (exact) mass is 427 g/mol. The van der Waals surface area contributed by atoms with Gasteiger partial charge in [-0.1, -0.05) is 42.7 Å². The molecule has 2 aliphatic rings. The first kappa shape index (κ1) is 22.3. The molecule has 0 aromatic heterocycles. The summed E-state index contributed by atoms with van der Waals surface area (Å²) in [5.41, 5.74) is 3.23. The van der Waals surface area contributed by atoms with Crippen LogP contribution in [0.15, 0.2) is 48.5 Å². The number of aryl methyl sites for hydroxylation is 1. The summed E-state index contributed by atoms with van der Waals surface area (Å²) in [6, 6.07) is 15.2. The Morgan fingerprint density at radius 1 is 1.13 bits per heavy atom. The lowest BCUT2D eigenvalue weighted by molar-refractivity contribution is -0.134. The highest BCUT2D eigenvalue weighted by Gasteiger charge is 2.49. The maximum atomic E-state index is 13.0. The third kappa shape index (κ3) is 4.68. The lowest BCUT2D eigenvalue weighted by Gasteiger charge is -2.37. The minimum Gasteiger partial charge on any atom is -0.351 e. The van der Waals surface area contributed by atoms with E-state index in [0.717, 1.165) is 49.2 Å². The van der Waals surface area contributed by atoms with Crippen LogP contribution in [0.25, 0.3) is 0 Å². The van der Waals surface area contributed by atoms with Gasteiger partial charge in [0.05, 0.1) is 5.41 Å². The summed E-state index contributed by atoms with van der Waals surface area (Å²) in [6.45, 7) is 4.21. The van der Waals surface area contributed by atoms with E-state index in [1.54, 1.807) is 0 Å². The highest BCUT2D eigenvalue weighted by atomic mass is 35.5. The molecule has 1 heterocycles. The molecule has 1 aliphatic heterocycles. The molecule has 4 rings (SSSR count). The second-order valence-electron chi connectivity index (χ2n) is 8.43. The lowest BCUT2D eigenvalue weighted by Crippen LogP contribution is -2.47. The molecule has 3 N–H and O–H groups in total. The molecule has 2 amide bonds. The lowest BCUT2D eigenvalue weighted by atomic mass is 9.67. The topological polar surface area (TPSA) is 70.2 Å². The highest BCUT2D eigenvalue weighted by Crippen LogP contribution is 2.43. The first-order chi connectivity index (χ1) is 14.1. The Hall–Kier alpha value is -2.37. The molecule has 1 aliphatic carbocycles. The largest absolute Gasteiger partial charge is 0.351 e. The van der Waals surface area contributed by atoms with E-state index in [1.807, 2.05) is 55.5 Å². The van der Waals surface area contributed by atoms with Crippen LogP contribution in [0.2, 0.25) is 0 Å². The normalized spacial score (nSPS) is 22.5. The molecule has 5 nitrogen and oxygen atoms in total. The molecule has 6 heteroatoms. The Morgan fingerprint density at radius 2 is 1.93 bits per heavy atom. The van der Waals surface area contributed by atoms with Crippen molar-refractivity contribution in [3.63, 3.8) is 0 Å². The molecule has 0 bridgehead atoms. The number of halogens is 1.